The third-order valence-corrected chi connectivity index (χ3v) is 9.62. The first-order valence-corrected chi connectivity index (χ1v) is 14.5. The summed E-state index contributed by atoms with van der Waals surface area (Å²) in [6.07, 6.45) is 5.57. The van der Waals surface area contributed by atoms with Gasteiger partial charge in [0.2, 0.25) is 5.95 Å². The third-order valence-electron chi connectivity index (χ3n) is 7.22. The number of halogens is 1. The van der Waals surface area contributed by atoms with E-state index in [1.54, 1.807) is 24.5 Å². The molecule has 0 saturated carbocycles. The quantitative estimate of drug-likeness (QED) is 0.305. The molecule has 5 rings (SSSR count). The molecule has 1 aromatic carbocycles. The van der Waals surface area contributed by atoms with Gasteiger partial charge in [0.15, 0.2) is 5.82 Å². The number of fused-ring (bicyclic) bond motifs is 1. The number of aliphatic hydroxyl groups is 1. The number of nitrogens with zero attached hydrogens (tertiary/aromatic N) is 5. The highest BCUT2D eigenvalue weighted by Gasteiger charge is 2.50. The first-order chi connectivity index (χ1) is 18.1. The Balaban J connectivity index is 1.35. The second kappa shape index (κ2) is 10.6. The number of rotatable bonds is 6. The van der Waals surface area contributed by atoms with Gasteiger partial charge in [-0.15, -0.1) is 4.72 Å². The number of nitrogens with one attached hydrogen (secondary N) is 1. The van der Waals surface area contributed by atoms with E-state index >= 15 is 0 Å². The molecule has 12 heteroatoms. The highest BCUT2D eigenvalue weighted by Crippen LogP contribution is 2.53. The molecular weight excluding hydrogens is 525 g/mol. The lowest BCUT2D eigenvalue weighted by atomic mass is 9.73. The van der Waals surface area contributed by atoms with E-state index < -0.39 is 16.1 Å². The van der Waals surface area contributed by atoms with E-state index in [1.807, 2.05) is 26.8 Å². The van der Waals surface area contributed by atoms with E-state index in [0.717, 1.165) is 30.4 Å². The van der Waals surface area contributed by atoms with Crippen LogP contribution in [0.15, 0.2) is 46.7 Å². The van der Waals surface area contributed by atoms with Gasteiger partial charge in [-0.05, 0) is 81.1 Å². The monoisotopic (exact) mass is 557 g/mol. The first-order valence-electron chi connectivity index (χ1n) is 12.5. The zero-order valence-electron chi connectivity index (χ0n) is 21.6. The summed E-state index contributed by atoms with van der Waals surface area (Å²) < 4.78 is 30.2. The molecule has 1 unspecified atom stereocenters. The molecule has 3 aromatic rings. The van der Waals surface area contributed by atoms with E-state index in [1.165, 1.54) is 17.8 Å². The summed E-state index contributed by atoms with van der Waals surface area (Å²) in [4.78, 5) is 19.5. The van der Waals surface area contributed by atoms with Crippen molar-refractivity contribution in [2.75, 3.05) is 23.7 Å². The third kappa shape index (κ3) is 5.46. The van der Waals surface area contributed by atoms with Gasteiger partial charge in [0, 0.05) is 36.1 Å². The number of benzene rings is 1. The zero-order valence-corrected chi connectivity index (χ0v) is 23.3. The largest absolute Gasteiger partial charge is 0.598 e. The number of aromatic nitrogens is 4. The Morgan fingerprint density at radius 1 is 1.21 bits per heavy atom. The zero-order chi connectivity index (χ0) is 27.1. The number of anilines is 2. The molecule has 0 radical (unpaired) electrons. The van der Waals surface area contributed by atoms with Gasteiger partial charge in [-0.1, -0.05) is 6.07 Å². The van der Waals surface area contributed by atoms with Crippen LogP contribution in [0.5, 0.6) is 0 Å². The summed E-state index contributed by atoms with van der Waals surface area (Å²) in [7, 11) is 0. The fourth-order valence-corrected chi connectivity index (χ4v) is 6.95. The van der Waals surface area contributed by atoms with Crippen LogP contribution in [0.3, 0.4) is 0 Å². The Labute approximate surface area is 229 Å². The molecule has 1 aliphatic heterocycles. The molecule has 4 N–H and O–H groups in total. The van der Waals surface area contributed by atoms with Crippen molar-refractivity contribution >= 4 is 34.9 Å². The van der Waals surface area contributed by atoms with Gasteiger partial charge in [-0.25, -0.2) is 24.3 Å². The molecule has 38 heavy (non-hydrogen) atoms. The molecule has 3 heterocycles. The predicted molar refractivity (Wildman–Crippen MR) is 146 cm³/mol. The molecule has 1 spiro atoms. The van der Waals surface area contributed by atoms with Gasteiger partial charge in [0.25, 0.3) is 0 Å². The minimum Gasteiger partial charge on any atom is -0.598 e. The van der Waals surface area contributed by atoms with Gasteiger partial charge in [0.05, 0.1) is 18.8 Å². The number of piperidine rings is 1. The topological polar surface area (TPSA) is 136 Å². The van der Waals surface area contributed by atoms with Gasteiger partial charge >= 0.3 is 0 Å². The average molecular weight is 558 g/mol. The van der Waals surface area contributed by atoms with Crippen LogP contribution in [0.4, 0.5) is 16.2 Å². The van der Waals surface area contributed by atoms with Crippen molar-refractivity contribution in [2.24, 2.45) is 5.41 Å². The van der Waals surface area contributed by atoms with E-state index in [2.05, 4.69) is 29.6 Å². The second-order valence-corrected chi connectivity index (χ2v) is 13.8. The molecule has 9 nitrogen and oxygen atoms in total. The number of hydrogen-bond acceptors (Lipinski definition) is 10. The summed E-state index contributed by atoms with van der Waals surface area (Å²) in [6, 6.07) is 6.53. The highest BCUT2D eigenvalue weighted by atomic mass is 32.2. The molecule has 2 aromatic heterocycles. The lowest BCUT2D eigenvalue weighted by molar-refractivity contribution is 0.175. The lowest BCUT2D eigenvalue weighted by Gasteiger charge is -2.44. The maximum atomic E-state index is 14.1. The normalized spacial score (nSPS) is 19.5. The van der Waals surface area contributed by atoms with Crippen molar-refractivity contribution in [3.05, 3.63) is 59.3 Å². The van der Waals surface area contributed by atoms with E-state index in [0.29, 0.717) is 34.7 Å². The molecule has 202 valence electrons. The minimum absolute atomic E-state index is 0.136. The summed E-state index contributed by atoms with van der Waals surface area (Å²) >= 11 is 0.0313. The molecule has 0 bridgehead atoms. The van der Waals surface area contributed by atoms with Crippen molar-refractivity contribution in [1.82, 2.24) is 24.7 Å². The van der Waals surface area contributed by atoms with Crippen molar-refractivity contribution in [1.29, 1.82) is 0 Å². The highest BCUT2D eigenvalue weighted by molar-refractivity contribution is 7.99. The fraction of sp³-hybridized carbons (Fsp3) is 0.462. The van der Waals surface area contributed by atoms with Gasteiger partial charge in [-0.3, -0.25) is 0 Å². The van der Waals surface area contributed by atoms with Gasteiger partial charge in [-0.2, -0.15) is 0 Å². The summed E-state index contributed by atoms with van der Waals surface area (Å²) in [6.45, 7) is 6.97. The Kier molecular flexibility index (Phi) is 7.53. The van der Waals surface area contributed by atoms with Crippen LogP contribution < -0.4 is 15.4 Å². The second-order valence-electron chi connectivity index (χ2n) is 10.8. The first kappa shape index (κ1) is 27.1. The number of nitrogen functional groups attached to an aromatic ring is 1. The van der Waals surface area contributed by atoms with E-state index in [4.69, 9.17) is 5.73 Å². The van der Waals surface area contributed by atoms with E-state index in [-0.39, 0.29) is 29.8 Å². The van der Waals surface area contributed by atoms with E-state index in [9.17, 15) is 14.0 Å². The lowest BCUT2D eigenvalue weighted by Crippen LogP contribution is -2.50. The van der Waals surface area contributed by atoms with Crippen LogP contribution in [0.1, 0.15) is 56.5 Å². The van der Waals surface area contributed by atoms with Crippen LogP contribution in [0, 0.1) is 11.2 Å². The SMILES string of the molecule is CC(C)(C)[S+]([O-])N[C@@H]1c2ccc(F)cc2CC12CCN(c1ncc(Sc3ccnc(N)n3)nc1CO)CC2. The summed E-state index contributed by atoms with van der Waals surface area (Å²) in [5, 5.41) is 11.3. The van der Waals surface area contributed by atoms with Crippen LogP contribution in [-0.4, -0.2) is 47.4 Å². The summed E-state index contributed by atoms with van der Waals surface area (Å²) in [5.74, 6) is 0.581. The molecule has 1 saturated heterocycles. The standard InChI is InChI=1S/C26H32FN7O2S2/c1-25(2,3)38(36)33-22-18-5-4-17(27)12-16(18)13-26(22)7-10-34(11-8-26)23-19(15-35)31-21(14-30-23)37-20-6-9-29-24(28)32-20/h4-6,9,12,14,22,33,35H,7-8,10-11,13,15H2,1-3H3,(H2,28,29,32)/t22-,38?/m1/s1. The Morgan fingerprint density at radius 2 is 1.97 bits per heavy atom. The van der Waals surface area contributed by atoms with Crippen molar-refractivity contribution in [3.63, 3.8) is 0 Å². The Hall–Kier alpha value is -2.51. The van der Waals surface area contributed by atoms with Crippen molar-refractivity contribution in [3.8, 4) is 0 Å². The average Bonchev–Trinajstić information content (AvgIpc) is 3.15. The Bertz CT molecular complexity index is 1310. The maximum absolute atomic E-state index is 14.1. The molecule has 2 aliphatic rings. The molecule has 2 atom stereocenters. The number of aliphatic hydroxyl groups excluding tert-OH is 1. The van der Waals surface area contributed by atoms with Crippen LogP contribution >= 0.6 is 11.8 Å². The van der Waals surface area contributed by atoms with Gasteiger partial charge < -0.3 is 20.3 Å². The van der Waals surface area contributed by atoms with Crippen LogP contribution in [0.25, 0.3) is 0 Å². The molecular formula is C26H32FN7O2S2. The smallest absolute Gasteiger partial charge is 0.221 e. The number of nitrogens with two attached hydrogens (primary N) is 1. The maximum Gasteiger partial charge on any atom is 0.221 e. The van der Waals surface area contributed by atoms with Crippen molar-refractivity contribution in [2.45, 2.75) is 67.5 Å². The van der Waals surface area contributed by atoms with Crippen LogP contribution in [-0.2, 0) is 24.4 Å². The molecule has 1 aliphatic carbocycles. The minimum atomic E-state index is -1.27. The molecule has 0 amide bonds. The summed E-state index contributed by atoms with van der Waals surface area (Å²) in [5.41, 5.74) is 7.98. The predicted octanol–water partition coefficient (Wildman–Crippen LogP) is 3.57. The van der Waals surface area contributed by atoms with Gasteiger partial charge in [0.1, 0.15) is 26.3 Å². The fourth-order valence-electron chi connectivity index (χ4n) is 5.26. The Morgan fingerprint density at radius 3 is 2.66 bits per heavy atom. The molecule has 1 fully saturated rings. The number of hydrogen-bond donors (Lipinski definition) is 3. The van der Waals surface area contributed by atoms with Crippen molar-refractivity contribution < 1.29 is 14.0 Å². The van der Waals surface area contributed by atoms with Crippen LogP contribution in [0.2, 0.25) is 0 Å².